The van der Waals surface area contributed by atoms with Crippen molar-refractivity contribution in [3.05, 3.63) is 62.8 Å². The van der Waals surface area contributed by atoms with Gasteiger partial charge in [-0.3, -0.25) is 10.1 Å². The minimum absolute atomic E-state index is 0.427. The lowest BCUT2D eigenvalue weighted by Gasteiger charge is -2.15. The van der Waals surface area contributed by atoms with Crippen molar-refractivity contribution in [2.45, 2.75) is 6.54 Å². The molecule has 0 aromatic carbocycles. The van der Waals surface area contributed by atoms with Gasteiger partial charge in [-0.2, -0.15) is 4.39 Å². The Labute approximate surface area is 101 Å². The van der Waals surface area contributed by atoms with E-state index in [9.17, 15) is 14.5 Å². The second kappa shape index (κ2) is 4.96. The maximum atomic E-state index is 12.6. The smallest absolute Gasteiger partial charge is 0.264 e. The number of thioether (sulfide) groups is 1. The van der Waals surface area contributed by atoms with Gasteiger partial charge in [-0.25, -0.2) is 4.98 Å². The van der Waals surface area contributed by atoms with Crippen LogP contribution in [0, 0.1) is 16.1 Å². The Morgan fingerprint density at radius 3 is 3.06 bits per heavy atom. The Kier molecular flexibility index (Phi) is 3.38. The zero-order valence-corrected chi connectivity index (χ0v) is 9.43. The molecule has 7 heteroatoms. The molecule has 0 saturated carbocycles. The Bertz CT molecular complexity index is 487. The van der Waals surface area contributed by atoms with Crippen LogP contribution in [0.4, 0.5) is 4.39 Å². The van der Waals surface area contributed by atoms with Gasteiger partial charge in [-0.1, -0.05) is 17.8 Å². The summed E-state index contributed by atoms with van der Waals surface area (Å²) in [4.78, 5) is 15.1. The number of hydrogen-bond donors (Lipinski definition) is 0. The first-order chi connectivity index (χ1) is 8.15. The fraction of sp³-hybridized carbons (Fsp3) is 0.100. The van der Waals surface area contributed by atoms with Crippen LogP contribution in [0.5, 0.6) is 0 Å². The zero-order valence-electron chi connectivity index (χ0n) is 8.62. The minimum Gasteiger partial charge on any atom is -0.332 e. The quantitative estimate of drug-likeness (QED) is 0.470. The van der Waals surface area contributed by atoms with Gasteiger partial charge in [-0.05, 0) is 17.0 Å². The van der Waals surface area contributed by atoms with Gasteiger partial charge in [0.2, 0.25) is 5.95 Å². The van der Waals surface area contributed by atoms with Gasteiger partial charge in [0.05, 0.1) is 4.92 Å². The van der Waals surface area contributed by atoms with E-state index >= 15 is 0 Å². The van der Waals surface area contributed by atoms with Crippen LogP contribution in [0.3, 0.4) is 0 Å². The Morgan fingerprint density at radius 2 is 2.41 bits per heavy atom. The monoisotopic (exact) mass is 253 g/mol. The van der Waals surface area contributed by atoms with E-state index in [4.69, 9.17) is 0 Å². The molecule has 5 nitrogen and oxygen atoms in total. The summed E-state index contributed by atoms with van der Waals surface area (Å²) in [5, 5.41) is 12.7. The third-order valence-corrected chi connectivity index (χ3v) is 2.91. The number of nitro groups is 1. The van der Waals surface area contributed by atoms with Gasteiger partial charge in [0.25, 0.3) is 6.20 Å². The van der Waals surface area contributed by atoms with Gasteiger partial charge < -0.3 is 4.90 Å². The van der Waals surface area contributed by atoms with E-state index in [0.29, 0.717) is 11.6 Å². The topological polar surface area (TPSA) is 59.3 Å². The van der Waals surface area contributed by atoms with E-state index < -0.39 is 10.9 Å². The second-order valence-corrected chi connectivity index (χ2v) is 4.20. The maximum absolute atomic E-state index is 12.6. The Balaban J connectivity index is 2.10. The lowest BCUT2D eigenvalue weighted by Crippen LogP contribution is -2.12. The van der Waals surface area contributed by atoms with E-state index in [1.807, 2.05) is 0 Å². The molecule has 0 radical (unpaired) electrons. The first-order valence-corrected chi connectivity index (χ1v) is 5.59. The summed E-state index contributed by atoms with van der Waals surface area (Å²) in [6.07, 6.45) is 4.10. The molecule has 0 saturated heterocycles. The van der Waals surface area contributed by atoms with Crippen LogP contribution in [0.2, 0.25) is 0 Å². The number of pyridine rings is 1. The molecule has 0 unspecified atom stereocenters. The van der Waals surface area contributed by atoms with E-state index in [0.717, 1.165) is 11.8 Å². The normalized spacial score (nSPS) is 16.8. The average Bonchev–Trinajstić information content (AvgIpc) is 2.68. The number of rotatable bonds is 3. The lowest BCUT2D eigenvalue weighted by molar-refractivity contribution is -0.403. The van der Waals surface area contributed by atoms with Gasteiger partial charge in [0, 0.05) is 18.9 Å². The highest BCUT2D eigenvalue weighted by Crippen LogP contribution is 2.30. The van der Waals surface area contributed by atoms with Crippen molar-refractivity contribution in [3.8, 4) is 0 Å². The SMILES string of the molecule is O=[N+]([O-])/C=C1/SC=CN1Cc1ccc(F)nc1. The molecule has 0 amide bonds. The standard InChI is InChI=1S/C10H8FN3O2S/c11-9-2-1-8(5-12-9)6-13-3-4-17-10(13)7-14(15)16/h1-5,7H,6H2/b10-7+. The van der Waals surface area contributed by atoms with Gasteiger partial charge in [0.1, 0.15) is 0 Å². The fourth-order valence-corrected chi connectivity index (χ4v) is 2.09. The largest absolute Gasteiger partial charge is 0.332 e. The summed E-state index contributed by atoms with van der Waals surface area (Å²) < 4.78 is 12.6. The van der Waals surface area contributed by atoms with Crippen molar-refractivity contribution in [1.82, 2.24) is 9.88 Å². The number of aromatic nitrogens is 1. The van der Waals surface area contributed by atoms with E-state index in [1.165, 1.54) is 24.0 Å². The Morgan fingerprint density at radius 1 is 1.59 bits per heavy atom. The van der Waals surface area contributed by atoms with Crippen LogP contribution in [-0.2, 0) is 6.54 Å². The molecule has 1 aliphatic heterocycles. The molecular weight excluding hydrogens is 245 g/mol. The van der Waals surface area contributed by atoms with Crippen LogP contribution in [-0.4, -0.2) is 14.8 Å². The third-order valence-electron chi connectivity index (χ3n) is 2.07. The third kappa shape index (κ3) is 3.04. The summed E-state index contributed by atoms with van der Waals surface area (Å²) in [5.74, 6) is -0.541. The fourth-order valence-electron chi connectivity index (χ4n) is 1.34. The maximum Gasteiger partial charge on any atom is 0.264 e. The van der Waals surface area contributed by atoms with Crippen LogP contribution >= 0.6 is 11.8 Å². The first kappa shape index (κ1) is 11.6. The van der Waals surface area contributed by atoms with Crippen molar-refractivity contribution in [3.63, 3.8) is 0 Å². The highest BCUT2D eigenvalue weighted by Gasteiger charge is 2.16. The molecule has 2 rings (SSSR count). The van der Waals surface area contributed by atoms with E-state index in [2.05, 4.69) is 4.98 Å². The molecule has 1 aromatic heterocycles. The number of hydrogen-bond acceptors (Lipinski definition) is 5. The van der Waals surface area contributed by atoms with E-state index in [1.54, 1.807) is 22.6 Å². The van der Waals surface area contributed by atoms with Crippen LogP contribution in [0.15, 0.2) is 41.2 Å². The van der Waals surface area contributed by atoms with Crippen LogP contribution in [0.1, 0.15) is 5.56 Å². The van der Waals surface area contributed by atoms with Crippen molar-refractivity contribution in [1.29, 1.82) is 0 Å². The zero-order chi connectivity index (χ0) is 12.3. The van der Waals surface area contributed by atoms with Crippen molar-refractivity contribution in [2.24, 2.45) is 0 Å². The highest BCUT2D eigenvalue weighted by atomic mass is 32.2. The number of halogens is 1. The van der Waals surface area contributed by atoms with Gasteiger partial charge in [-0.15, -0.1) is 0 Å². The van der Waals surface area contributed by atoms with Crippen LogP contribution < -0.4 is 0 Å². The molecule has 0 aliphatic carbocycles. The molecule has 0 N–H and O–H groups in total. The first-order valence-electron chi connectivity index (χ1n) is 4.71. The average molecular weight is 253 g/mol. The second-order valence-electron chi connectivity index (χ2n) is 3.27. The van der Waals surface area contributed by atoms with Crippen molar-refractivity contribution < 1.29 is 9.31 Å². The molecule has 17 heavy (non-hydrogen) atoms. The molecular formula is C10H8FN3O2S. The molecule has 88 valence electrons. The molecule has 1 aromatic rings. The summed E-state index contributed by atoms with van der Waals surface area (Å²) >= 11 is 1.27. The van der Waals surface area contributed by atoms with Gasteiger partial charge in [0.15, 0.2) is 5.03 Å². The molecule has 0 spiro atoms. The van der Waals surface area contributed by atoms with E-state index in [-0.39, 0.29) is 0 Å². The Hall–Kier alpha value is -1.89. The molecule has 1 aliphatic rings. The molecule has 2 heterocycles. The van der Waals surface area contributed by atoms with Crippen molar-refractivity contribution in [2.75, 3.05) is 0 Å². The van der Waals surface area contributed by atoms with Gasteiger partial charge >= 0.3 is 0 Å². The molecule has 0 fully saturated rings. The predicted octanol–water partition coefficient (Wildman–Crippen LogP) is 2.32. The summed E-state index contributed by atoms with van der Waals surface area (Å²) in [5.41, 5.74) is 0.785. The molecule has 0 bridgehead atoms. The summed E-state index contributed by atoms with van der Waals surface area (Å²) in [7, 11) is 0. The highest BCUT2D eigenvalue weighted by molar-refractivity contribution is 8.06. The predicted molar refractivity (Wildman–Crippen MR) is 61.5 cm³/mol. The summed E-state index contributed by atoms with van der Waals surface area (Å²) in [6, 6.07) is 2.86. The van der Waals surface area contributed by atoms with Crippen LogP contribution in [0.25, 0.3) is 0 Å². The summed E-state index contributed by atoms with van der Waals surface area (Å²) in [6.45, 7) is 0.427. The minimum atomic E-state index is -0.541. The lowest BCUT2D eigenvalue weighted by atomic mass is 10.3. The molecule has 0 atom stereocenters. The van der Waals surface area contributed by atoms with Crippen molar-refractivity contribution >= 4 is 11.8 Å². The number of nitrogens with zero attached hydrogens (tertiary/aromatic N) is 3.